The molecule has 18 heavy (non-hydrogen) atoms. The highest BCUT2D eigenvalue weighted by atomic mass is 35.5. The molecule has 0 aromatic heterocycles. The van der Waals surface area contributed by atoms with E-state index in [1.165, 1.54) is 6.42 Å². The third-order valence-electron chi connectivity index (χ3n) is 4.12. The van der Waals surface area contributed by atoms with E-state index in [-0.39, 0.29) is 11.9 Å². The number of anilines is 2. The van der Waals surface area contributed by atoms with Gasteiger partial charge in [-0.25, -0.2) is 0 Å². The van der Waals surface area contributed by atoms with Crippen LogP contribution in [0.5, 0.6) is 0 Å². The maximum atomic E-state index is 12.2. The summed E-state index contributed by atoms with van der Waals surface area (Å²) in [5.74, 6) is 0.786. The van der Waals surface area contributed by atoms with Gasteiger partial charge in [-0.05, 0) is 37.0 Å². The molecule has 1 N–H and O–H groups in total. The summed E-state index contributed by atoms with van der Waals surface area (Å²) >= 11 is 5.98. The Bertz CT molecular complexity index is 489. The number of carbonyl (C=O) groups is 1. The van der Waals surface area contributed by atoms with E-state index in [9.17, 15) is 4.79 Å². The fraction of sp³-hybridized carbons (Fsp3) is 0.500. The van der Waals surface area contributed by atoms with Crippen molar-refractivity contribution < 1.29 is 4.79 Å². The molecule has 1 amide bonds. The molecule has 0 bridgehead atoms. The first-order chi connectivity index (χ1) is 8.69. The van der Waals surface area contributed by atoms with Crippen LogP contribution in [0.15, 0.2) is 18.2 Å². The highest BCUT2D eigenvalue weighted by molar-refractivity contribution is 6.31. The van der Waals surface area contributed by atoms with E-state index in [0.717, 1.165) is 30.8 Å². The Kier molecular flexibility index (Phi) is 2.94. The van der Waals surface area contributed by atoms with Crippen molar-refractivity contribution in [2.24, 2.45) is 5.92 Å². The van der Waals surface area contributed by atoms with Gasteiger partial charge in [0, 0.05) is 11.6 Å². The van der Waals surface area contributed by atoms with Crippen LogP contribution < -0.4 is 10.2 Å². The van der Waals surface area contributed by atoms with Gasteiger partial charge in [0.1, 0.15) is 6.04 Å². The molecule has 0 spiro atoms. The number of amides is 1. The van der Waals surface area contributed by atoms with Crippen molar-refractivity contribution in [1.29, 1.82) is 0 Å². The number of nitrogens with zero attached hydrogens (tertiary/aromatic N) is 1. The first kappa shape index (κ1) is 11.8. The molecule has 4 heteroatoms. The largest absolute Gasteiger partial charge is 0.358 e. The van der Waals surface area contributed by atoms with E-state index < -0.39 is 0 Å². The van der Waals surface area contributed by atoms with Crippen LogP contribution in [0.4, 0.5) is 11.4 Å². The molecule has 2 unspecified atom stereocenters. The highest BCUT2D eigenvalue weighted by Crippen LogP contribution is 2.39. The maximum Gasteiger partial charge on any atom is 0.247 e. The Hall–Kier alpha value is -1.22. The van der Waals surface area contributed by atoms with E-state index in [1.54, 1.807) is 0 Å². The zero-order chi connectivity index (χ0) is 12.7. The SMILES string of the molecule is CCC1CCN2c3ccc(Cl)cc3NC(=O)C2C1. The van der Waals surface area contributed by atoms with Crippen LogP contribution in [0, 0.1) is 5.92 Å². The minimum absolute atomic E-state index is 0.00243. The quantitative estimate of drug-likeness (QED) is 0.844. The molecule has 0 saturated carbocycles. The normalized spacial score (nSPS) is 26.3. The second-order valence-corrected chi connectivity index (χ2v) is 5.60. The molecule has 0 radical (unpaired) electrons. The van der Waals surface area contributed by atoms with Crippen LogP contribution in [0.1, 0.15) is 26.2 Å². The fourth-order valence-electron chi connectivity index (χ4n) is 3.02. The summed E-state index contributed by atoms with van der Waals surface area (Å²) in [5.41, 5.74) is 1.96. The number of hydrogen-bond donors (Lipinski definition) is 1. The van der Waals surface area contributed by atoms with Gasteiger partial charge in [0.05, 0.1) is 11.4 Å². The van der Waals surface area contributed by atoms with Crippen molar-refractivity contribution in [3.63, 3.8) is 0 Å². The summed E-state index contributed by atoms with van der Waals surface area (Å²) < 4.78 is 0. The molecule has 2 aliphatic heterocycles. The monoisotopic (exact) mass is 264 g/mol. The third kappa shape index (κ3) is 1.87. The van der Waals surface area contributed by atoms with Gasteiger partial charge < -0.3 is 10.2 Å². The number of rotatable bonds is 1. The zero-order valence-electron chi connectivity index (χ0n) is 10.4. The fourth-order valence-corrected chi connectivity index (χ4v) is 3.19. The van der Waals surface area contributed by atoms with Crippen molar-refractivity contribution in [1.82, 2.24) is 0 Å². The lowest BCUT2D eigenvalue weighted by Gasteiger charge is -2.43. The number of fused-ring (bicyclic) bond motifs is 3. The van der Waals surface area contributed by atoms with E-state index in [4.69, 9.17) is 11.6 Å². The Balaban J connectivity index is 1.95. The predicted molar refractivity (Wildman–Crippen MR) is 74.2 cm³/mol. The van der Waals surface area contributed by atoms with Crippen molar-refractivity contribution in [2.45, 2.75) is 32.2 Å². The second kappa shape index (κ2) is 4.47. The average molecular weight is 265 g/mol. The predicted octanol–water partition coefficient (Wildman–Crippen LogP) is 3.29. The lowest BCUT2D eigenvalue weighted by molar-refractivity contribution is -0.118. The Morgan fingerprint density at radius 1 is 1.50 bits per heavy atom. The lowest BCUT2D eigenvalue weighted by Crippen LogP contribution is -2.52. The number of halogens is 1. The van der Waals surface area contributed by atoms with Gasteiger partial charge in [-0.1, -0.05) is 24.9 Å². The topological polar surface area (TPSA) is 32.3 Å². The standard InChI is InChI=1S/C14H17ClN2O/c1-2-9-5-6-17-12-4-3-10(15)8-11(12)16-14(18)13(17)7-9/h3-4,8-9,13H,2,5-7H2,1H3,(H,16,18). The molecule has 2 aliphatic rings. The summed E-state index contributed by atoms with van der Waals surface area (Å²) in [6.07, 6.45) is 3.29. The minimum atomic E-state index is -0.00243. The molecule has 2 heterocycles. The number of hydrogen-bond acceptors (Lipinski definition) is 2. The summed E-state index contributed by atoms with van der Waals surface area (Å²) in [5, 5.41) is 3.64. The van der Waals surface area contributed by atoms with Crippen LogP contribution in [0.25, 0.3) is 0 Å². The summed E-state index contributed by atoms with van der Waals surface area (Å²) in [6, 6.07) is 5.73. The van der Waals surface area contributed by atoms with E-state index >= 15 is 0 Å². The lowest BCUT2D eigenvalue weighted by atomic mass is 9.87. The first-order valence-corrected chi connectivity index (χ1v) is 6.94. The van der Waals surface area contributed by atoms with Crippen molar-refractivity contribution in [3.8, 4) is 0 Å². The van der Waals surface area contributed by atoms with Crippen LogP contribution in [-0.4, -0.2) is 18.5 Å². The number of piperidine rings is 1. The third-order valence-corrected chi connectivity index (χ3v) is 4.35. The Morgan fingerprint density at radius 2 is 2.33 bits per heavy atom. The highest BCUT2D eigenvalue weighted by Gasteiger charge is 2.37. The smallest absolute Gasteiger partial charge is 0.247 e. The van der Waals surface area contributed by atoms with Gasteiger partial charge in [0.15, 0.2) is 0 Å². The van der Waals surface area contributed by atoms with E-state index in [0.29, 0.717) is 10.9 Å². The molecule has 1 saturated heterocycles. The maximum absolute atomic E-state index is 12.2. The molecule has 2 atom stereocenters. The zero-order valence-corrected chi connectivity index (χ0v) is 11.2. The minimum Gasteiger partial charge on any atom is -0.358 e. The van der Waals surface area contributed by atoms with Gasteiger partial charge in [-0.15, -0.1) is 0 Å². The van der Waals surface area contributed by atoms with Crippen LogP contribution >= 0.6 is 11.6 Å². The second-order valence-electron chi connectivity index (χ2n) is 5.16. The van der Waals surface area contributed by atoms with E-state index in [1.807, 2.05) is 18.2 Å². The van der Waals surface area contributed by atoms with E-state index in [2.05, 4.69) is 17.1 Å². The molecule has 3 rings (SSSR count). The molecular formula is C14H17ClN2O. The van der Waals surface area contributed by atoms with Gasteiger partial charge in [0.25, 0.3) is 0 Å². The molecule has 96 valence electrons. The van der Waals surface area contributed by atoms with Crippen molar-refractivity contribution in [2.75, 3.05) is 16.8 Å². The number of benzene rings is 1. The van der Waals surface area contributed by atoms with Gasteiger partial charge in [0.2, 0.25) is 5.91 Å². The number of carbonyl (C=O) groups excluding carboxylic acids is 1. The number of nitrogens with one attached hydrogen (secondary N) is 1. The molecular weight excluding hydrogens is 248 g/mol. The van der Waals surface area contributed by atoms with Crippen LogP contribution in [0.3, 0.4) is 0 Å². The first-order valence-electron chi connectivity index (χ1n) is 6.56. The average Bonchev–Trinajstić information content (AvgIpc) is 2.38. The Morgan fingerprint density at radius 3 is 3.11 bits per heavy atom. The summed E-state index contributed by atoms with van der Waals surface area (Å²) in [4.78, 5) is 14.4. The molecule has 1 fully saturated rings. The van der Waals surface area contributed by atoms with Crippen molar-refractivity contribution >= 4 is 28.9 Å². The molecule has 3 nitrogen and oxygen atoms in total. The van der Waals surface area contributed by atoms with Crippen molar-refractivity contribution in [3.05, 3.63) is 23.2 Å². The van der Waals surface area contributed by atoms with Crippen LogP contribution in [0.2, 0.25) is 5.02 Å². The van der Waals surface area contributed by atoms with Crippen LogP contribution in [-0.2, 0) is 4.79 Å². The summed E-state index contributed by atoms with van der Waals surface area (Å²) in [7, 11) is 0. The van der Waals surface area contributed by atoms with Gasteiger partial charge in [-0.2, -0.15) is 0 Å². The van der Waals surface area contributed by atoms with Gasteiger partial charge >= 0.3 is 0 Å². The molecule has 1 aromatic carbocycles. The summed E-state index contributed by atoms with van der Waals surface area (Å²) in [6.45, 7) is 3.17. The Labute approximate surface area is 112 Å². The molecule has 1 aromatic rings. The molecule has 0 aliphatic carbocycles. The van der Waals surface area contributed by atoms with Gasteiger partial charge in [-0.3, -0.25) is 4.79 Å².